The summed E-state index contributed by atoms with van der Waals surface area (Å²) in [6.45, 7) is 7.76. The van der Waals surface area contributed by atoms with E-state index < -0.39 is 5.54 Å². The first-order valence-electron chi connectivity index (χ1n) is 5.20. The summed E-state index contributed by atoms with van der Waals surface area (Å²) >= 11 is 0. The van der Waals surface area contributed by atoms with Crippen LogP contribution < -0.4 is 5.32 Å². The molecule has 15 heavy (non-hydrogen) atoms. The molecule has 1 aromatic carbocycles. The molecule has 0 aliphatic heterocycles. The molecule has 0 saturated carbocycles. The third kappa shape index (κ3) is 2.26. The predicted molar refractivity (Wildman–Crippen MR) is 63.4 cm³/mol. The molecule has 2 heteroatoms. The third-order valence-corrected chi connectivity index (χ3v) is 2.90. The lowest BCUT2D eigenvalue weighted by Crippen LogP contribution is -2.45. The van der Waals surface area contributed by atoms with Crippen LogP contribution in [0.3, 0.4) is 0 Å². The molecular weight excluding hydrogens is 186 g/mol. The van der Waals surface area contributed by atoms with Crippen molar-refractivity contribution in [2.75, 3.05) is 7.05 Å². The molecule has 1 rings (SSSR count). The topological polar surface area (TPSA) is 29.1 Å². The molecule has 2 nitrogen and oxygen atoms in total. The molecular formula is C13H19NO. The maximum Gasteiger partial charge on any atom is 0.182 e. The minimum atomic E-state index is -0.503. The van der Waals surface area contributed by atoms with Crippen molar-refractivity contribution in [3.05, 3.63) is 34.9 Å². The second-order valence-electron chi connectivity index (χ2n) is 4.47. The summed E-state index contributed by atoms with van der Waals surface area (Å²) in [5.74, 6) is 0.153. The van der Waals surface area contributed by atoms with E-state index in [1.54, 1.807) is 0 Å². The van der Waals surface area contributed by atoms with Gasteiger partial charge in [0.25, 0.3) is 0 Å². The molecule has 0 saturated heterocycles. The maximum atomic E-state index is 12.3. The number of hydrogen-bond donors (Lipinski definition) is 1. The van der Waals surface area contributed by atoms with Gasteiger partial charge in [0.1, 0.15) is 0 Å². The van der Waals surface area contributed by atoms with E-state index in [1.165, 1.54) is 0 Å². The minimum absolute atomic E-state index is 0.153. The summed E-state index contributed by atoms with van der Waals surface area (Å²) in [6, 6.07) is 5.94. The maximum absolute atomic E-state index is 12.3. The highest BCUT2D eigenvalue weighted by Crippen LogP contribution is 2.19. The average Bonchev–Trinajstić information content (AvgIpc) is 2.17. The first kappa shape index (κ1) is 11.9. The van der Waals surface area contributed by atoms with E-state index in [4.69, 9.17) is 0 Å². The Bertz CT molecular complexity index is 360. The van der Waals surface area contributed by atoms with Crippen molar-refractivity contribution in [2.45, 2.75) is 33.2 Å². The molecule has 0 unspecified atom stereocenters. The minimum Gasteiger partial charge on any atom is -0.308 e. The van der Waals surface area contributed by atoms with E-state index in [0.717, 1.165) is 16.7 Å². The molecule has 0 amide bonds. The van der Waals surface area contributed by atoms with Gasteiger partial charge >= 0.3 is 0 Å². The number of carbonyl (C=O) groups excluding carboxylic acids is 1. The molecule has 0 heterocycles. The molecule has 0 bridgehead atoms. The van der Waals surface area contributed by atoms with Crippen molar-refractivity contribution in [1.82, 2.24) is 5.32 Å². The van der Waals surface area contributed by atoms with Gasteiger partial charge in [-0.25, -0.2) is 0 Å². The van der Waals surface area contributed by atoms with Crippen LogP contribution in [0.5, 0.6) is 0 Å². The fourth-order valence-electron chi connectivity index (χ4n) is 1.60. The number of nitrogens with one attached hydrogen (secondary N) is 1. The summed E-state index contributed by atoms with van der Waals surface area (Å²) in [7, 11) is 1.81. The molecule has 1 N–H and O–H groups in total. The first-order chi connectivity index (χ1) is 6.90. The average molecular weight is 205 g/mol. The number of hydrogen-bond acceptors (Lipinski definition) is 2. The Balaban J connectivity index is 3.23. The highest BCUT2D eigenvalue weighted by Gasteiger charge is 2.28. The van der Waals surface area contributed by atoms with E-state index in [-0.39, 0.29) is 5.78 Å². The largest absolute Gasteiger partial charge is 0.308 e. The molecule has 0 aliphatic rings. The lowest BCUT2D eigenvalue weighted by molar-refractivity contribution is 0.0888. The van der Waals surface area contributed by atoms with E-state index in [9.17, 15) is 4.79 Å². The van der Waals surface area contributed by atoms with Crippen molar-refractivity contribution < 1.29 is 4.79 Å². The molecule has 0 atom stereocenters. The van der Waals surface area contributed by atoms with Gasteiger partial charge < -0.3 is 5.32 Å². The predicted octanol–water partition coefficient (Wildman–Crippen LogP) is 2.48. The zero-order valence-corrected chi connectivity index (χ0v) is 10.1. The summed E-state index contributed by atoms with van der Waals surface area (Å²) in [5, 5.41) is 3.04. The smallest absolute Gasteiger partial charge is 0.182 e. The van der Waals surface area contributed by atoms with Crippen LogP contribution in [0, 0.1) is 13.8 Å². The molecule has 82 valence electrons. The number of rotatable bonds is 3. The number of benzene rings is 1. The second-order valence-corrected chi connectivity index (χ2v) is 4.47. The zero-order chi connectivity index (χ0) is 11.6. The Morgan fingerprint density at radius 1 is 1.20 bits per heavy atom. The van der Waals surface area contributed by atoms with E-state index in [2.05, 4.69) is 5.32 Å². The summed E-state index contributed by atoms with van der Waals surface area (Å²) < 4.78 is 0. The van der Waals surface area contributed by atoms with E-state index in [0.29, 0.717) is 0 Å². The SMILES string of the molecule is CNC(C)(C)C(=O)c1c(C)cccc1C. The van der Waals surface area contributed by atoms with Gasteiger partial charge in [0.2, 0.25) is 0 Å². The van der Waals surface area contributed by atoms with E-state index >= 15 is 0 Å². The number of carbonyl (C=O) groups is 1. The lowest BCUT2D eigenvalue weighted by atomic mass is 9.88. The molecule has 1 aromatic rings. The van der Waals surface area contributed by atoms with Crippen molar-refractivity contribution in [1.29, 1.82) is 0 Å². The second kappa shape index (κ2) is 4.15. The number of aryl methyl sites for hydroxylation is 2. The van der Waals surface area contributed by atoms with Crippen molar-refractivity contribution in [3.8, 4) is 0 Å². The lowest BCUT2D eigenvalue weighted by Gasteiger charge is -2.24. The highest BCUT2D eigenvalue weighted by molar-refractivity contribution is 6.04. The summed E-state index contributed by atoms with van der Waals surface area (Å²) in [5.41, 5.74) is 2.43. The van der Waals surface area contributed by atoms with Crippen molar-refractivity contribution in [2.24, 2.45) is 0 Å². The van der Waals surface area contributed by atoms with Gasteiger partial charge in [-0.05, 0) is 45.9 Å². The van der Waals surface area contributed by atoms with E-state index in [1.807, 2.05) is 52.9 Å². The number of Topliss-reactive ketones (excluding diaryl/α,β-unsaturated/α-hetero) is 1. The van der Waals surface area contributed by atoms with Crippen molar-refractivity contribution >= 4 is 5.78 Å². The van der Waals surface area contributed by atoms with Crippen LogP contribution in [0.1, 0.15) is 35.3 Å². The molecule has 0 radical (unpaired) electrons. The number of ketones is 1. The molecule has 0 spiro atoms. The fourth-order valence-corrected chi connectivity index (χ4v) is 1.60. The summed E-state index contributed by atoms with van der Waals surface area (Å²) in [6.07, 6.45) is 0. The highest BCUT2D eigenvalue weighted by atomic mass is 16.1. The van der Waals surface area contributed by atoms with Gasteiger partial charge in [-0.3, -0.25) is 4.79 Å². The monoisotopic (exact) mass is 205 g/mol. The van der Waals surface area contributed by atoms with Crippen LogP contribution in [0.25, 0.3) is 0 Å². The molecule has 0 aromatic heterocycles. The third-order valence-electron chi connectivity index (χ3n) is 2.90. The Morgan fingerprint density at radius 3 is 2.07 bits per heavy atom. The van der Waals surface area contributed by atoms with Gasteiger partial charge in [0.05, 0.1) is 5.54 Å². The Labute approximate surface area is 91.7 Å². The normalized spacial score (nSPS) is 11.5. The van der Waals surface area contributed by atoms with Crippen LogP contribution in [-0.4, -0.2) is 18.4 Å². The molecule has 0 aliphatic carbocycles. The van der Waals surface area contributed by atoms with Crippen LogP contribution in [0.15, 0.2) is 18.2 Å². The van der Waals surface area contributed by atoms with Crippen LogP contribution in [0.4, 0.5) is 0 Å². The quantitative estimate of drug-likeness (QED) is 0.768. The number of likely N-dealkylation sites (N-methyl/N-ethyl adjacent to an activating group) is 1. The fraction of sp³-hybridized carbons (Fsp3) is 0.462. The van der Waals surface area contributed by atoms with Gasteiger partial charge in [-0.1, -0.05) is 18.2 Å². The van der Waals surface area contributed by atoms with Crippen LogP contribution >= 0.6 is 0 Å². The Morgan fingerprint density at radius 2 is 1.67 bits per heavy atom. The zero-order valence-electron chi connectivity index (χ0n) is 10.1. The Kier molecular flexibility index (Phi) is 3.30. The van der Waals surface area contributed by atoms with Gasteiger partial charge in [0.15, 0.2) is 5.78 Å². The van der Waals surface area contributed by atoms with Crippen LogP contribution in [-0.2, 0) is 0 Å². The Hall–Kier alpha value is -1.15. The van der Waals surface area contributed by atoms with Crippen molar-refractivity contribution in [3.63, 3.8) is 0 Å². The van der Waals surface area contributed by atoms with Gasteiger partial charge in [-0.2, -0.15) is 0 Å². The van der Waals surface area contributed by atoms with Gasteiger partial charge in [0, 0.05) is 5.56 Å². The summed E-state index contributed by atoms with van der Waals surface area (Å²) in [4.78, 5) is 12.3. The standard InChI is InChI=1S/C13H19NO/c1-9-7-6-8-10(2)11(9)12(15)13(3,4)14-5/h6-8,14H,1-5H3. The van der Waals surface area contributed by atoms with Crippen LogP contribution in [0.2, 0.25) is 0 Å². The molecule has 0 fully saturated rings. The van der Waals surface area contributed by atoms with Gasteiger partial charge in [-0.15, -0.1) is 0 Å². The first-order valence-corrected chi connectivity index (χ1v) is 5.20.